The van der Waals surface area contributed by atoms with Gasteiger partial charge in [-0.15, -0.1) is 0 Å². The molecule has 0 amide bonds. The van der Waals surface area contributed by atoms with E-state index in [9.17, 15) is 9.59 Å². The lowest BCUT2D eigenvalue weighted by molar-refractivity contribution is -0.139. The molecule has 1 aliphatic rings. The van der Waals surface area contributed by atoms with Crippen LogP contribution in [0.5, 0.6) is 0 Å². The van der Waals surface area contributed by atoms with Crippen LogP contribution in [0.1, 0.15) is 12.8 Å². The molecular weight excluding hydrogens is 186 g/mol. The van der Waals surface area contributed by atoms with Crippen molar-refractivity contribution in [3.8, 4) is 0 Å². The van der Waals surface area contributed by atoms with Crippen LogP contribution < -0.4 is 0 Å². The van der Waals surface area contributed by atoms with Gasteiger partial charge in [-0.25, -0.2) is 9.59 Å². The Labute approximate surface area is 81.4 Å². The van der Waals surface area contributed by atoms with Crippen molar-refractivity contribution in [2.75, 3.05) is 14.2 Å². The van der Waals surface area contributed by atoms with Crippen LogP contribution in [0.4, 0.5) is 0 Å². The van der Waals surface area contributed by atoms with Gasteiger partial charge in [-0.2, -0.15) is 0 Å². The lowest BCUT2D eigenvalue weighted by Gasteiger charge is -2.11. The van der Waals surface area contributed by atoms with Crippen LogP contribution in [-0.2, 0) is 19.1 Å². The monoisotopic (exact) mass is 197 g/mol. The first-order chi connectivity index (χ1) is 6.70. The summed E-state index contributed by atoms with van der Waals surface area (Å²) in [6, 6.07) is 0. The van der Waals surface area contributed by atoms with Gasteiger partial charge in [0.25, 0.3) is 0 Å². The Bertz CT molecular complexity index is 317. The lowest BCUT2D eigenvalue weighted by atomic mass is 10.1. The Balaban J connectivity index is 3.03. The van der Waals surface area contributed by atoms with Crippen LogP contribution in [0.3, 0.4) is 0 Å². The van der Waals surface area contributed by atoms with E-state index in [0.29, 0.717) is 12.8 Å². The predicted molar refractivity (Wildman–Crippen MR) is 48.8 cm³/mol. The van der Waals surface area contributed by atoms with Crippen molar-refractivity contribution in [3.05, 3.63) is 11.3 Å². The number of ether oxygens (including phenoxy) is 2. The van der Waals surface area contributed by atoms with Gasteiger partial charge in [-0.3, -0.25) is 4.99 Å². The normalized spacial score (nSPS) is 15.3. The van der Waals surface area contributed by atoms with E-state index in [1.165, 1.54) is 14.2 Å². The van der Waals surface area contributed by atoms with Gasteiger partial charge in [0.05, 0.1) is 19.8 Å². The summed E-state index contributed by atoms with van der Waals surface area (Å²) in [4.78, 5) is 26.3. The Hall–Kier alpha value is -1.65. The molecule has 0 spiro atoms. The Kier molecular flexibility index (Phi) is 3.39. The van der Waals surface area contributed by atoms with E-state index in [2.05, 4.69) is 14.5 Å². The Morgan fingerprint density at radius 1 is 1.29 bits per heavy atom. The van der Waals surface area contributed by atoms with E-state index >= 15 is 0 Å². The first-order valence-electron chi connectivity index (χ1n) is 4.13. The molecule has 0 N–H and O–H groups in total. The molecule has 76 valence electrons. The third-order valence-electron chi connectivity index (χ3n) is 1.84. The number of carbonyl (C=O) groups is 2. The molecule has 0 fully saturated rings. The molecule has 0 radical (unpaired) electrons. The molecule has 0 aromatic carbocycles. The number of rotatable bonds is 2. The Morgan fingerprint density at radius 2 is 1.93 bits per heavy atom. The predicted octanol–water partition coefficient (Wildman–Crippen LogP) is 0.451. The van der Waals surface area contributed by atoms with Gasteiger partial charge in [0.2, 0.25) is 0 Å². The van der Waals surface area contributed by atoms with Crippen LogP contribution >= 0.6 is 0 Å². The zero-order chi connectivity index (χ0) is 10.6. The highest BCUT2D eigenvalue weighted by Gasteiger charge is 2.23. The molecular formula is C9H11NO4. The summed E-state index contributed by atoms with van der Waals surface area (Å²) in [6.45, 7) is 0. The van der Waals surface area contributed by atoms with Crippen molar-refractivity contribution in [1.29, 1.82) is 0 Å². The average molecular weight is 197 g/mol. The molecule has 0 saturated carbocycles. The molecule has 0 unspecified atom stereocenters. The second-order valence-electron chi connectivity index (χ2n) is 2.66. The first kappa shape index (κ1) is 10.4. The van der Waals surface area contributed by atoms with Crippen molar-refractivity contribution in [2.45, 2.75) is 12.8 Å². The van der Waals surface area contributed by atoms with Crippen LogP contribution in [-0.4, -0.2) is 32.4 Å². The van der Waals surface area contributed by atoms with Crippen LogP contribution in [0.25, 0.3) is 0 Å². The summed E-state index contributed by atoms with van der Waals surface area (Å²) >= 11 is 0. The maximum atomic E-state index is 11.2. The van der Waals surface area contributed by atoms with Gasteiger partial charge in [-0.1, -0.05) is 0 Å². The number of methoxy groups -OCH3 is 2. The van der Waals surface area contributed by atoms with Crippen molar-refractivity contribution in [2.24, 2.45) is 4.99 Å². The van der Waals surface area contributed by atoms with Crippen molar-refractivity contribution in [3.63, 3.8) is 0 Å². The minimum absolute atomic E-state index is 0.0469. The molecule has 0 aromatic rings. The van der Waals surface area contributed by atoms with Gasteiger partial charge in [0, 0.05) is 6.21 Å². The summed E-state index contributed by atoms with van der Waals surface area (Å²) < 4.78 is 9.03. The molecule has 0 bridgehead atoms. The smallest absolute Gasteiger partial charge is 0.357 e. The van der Waals surface area contributed by atoms with Crippen LogP contribution in [0.2, 0.25) is 0 Å². The van der Waals surface area contributed by atoms with E-state index < -0.39 is 11.9 Å². The summed E-state index contributed by atoms with van der Waals surface area (Å²) in [5.74, 6) is -1.14. The average Bonchev–Trinajstić information content (AvgIpc) is 2.27. The van der Waals surface area contributed by atoms with Crippen molar-refractivity contribution < 1.29 is 19.1 Å². The highest BCUT2D eigenvalue weighted by atomic mass is 16.5. The summed E-state index contributed by atoms with van der Waals surface area (Å²) in [6.07, 6.45) is 2.67. The van der Waals surface area contributed by atoms with Crippen LogP contribution in [0.15, 0.2) is 16.3 Å². The van der Waals surface area contributed by atoms with Gasteiger partial charge >= 0.3 is 11.9 Å². The van der Waals surface area contributed by atoms with Crippen molar-refractivity contribution in [1.82, 2.24) is 0 Å². The molecule has 1 aliphatic heterocycles. The zero-order valence-corrected chi connectivity index (χ0v) is 8.07. The standard InChI is InChI=1S/C9H11NO4/c1-13-8(11)6-4-3-5-10-7(6)9(12)14-2/h5H,3-4H2,1-2H3. The quantitative estimate of drug-likeness (QED) is 0.603. The molecule has 14 heavy (non-hydrogen) atoms. The fraction of sp³-hybridized carbons (Fsp3) is 0.444. The molecule has 1 heterocycles. The summed E-state index contributed by atoms with van der Waals surface area (Å²) in [5, 5.41) is 0. The number of hydrogen-bond donors (Lipinski definition) is 0. The van der Waals surface area contributed by atoms with Gasteiger partial charge in [0.15, 0.2) is 5.70 Å². The number of carbonyl (C=O) groups excluding carboxylic acids is 2. The maximum Gasteiger partial charge on any atom is 0.357 e. The topological polar surface area (TPSA) is 65.0 Å². The SMILES string of the molecule is COC(=O)C1=C(C(=O)OC)N=CCC1. The first-order valence-corrected chi connectivity index (χ1v) is 4.13. The minimum Gasteiger partial charge on any atom is -0.466 e. The molecule has 0 saturated heterocycles. The third-order valence-corrected chi connectivity index (χ3v) is 1.84. The molecule has 0 aliphatic carbocycles. The molecule has 0 aromatic heterocycles. The highest BCUT2D eigenvalue weighted by Crippen LogP contribution is 2.18. The molecule has 5 heteroatoms. The van der Waals surface area contributed by atoms with E-state index in [-0.39, 0.29) is 11.3 Å². The van der Waals surface area contributed by atoms with Crippen molar-refractivity contribution >= 4 is 18.2 Å². The largest absolute Gasteiger partial charge is 0.466 e. The summed E-state index contributed by atoms with van der Waals surface area (Å²) in [5.41, 5.74) is 0.326. The fourth-order valence-electron chi connectivity index (χ4n) is 1.16. The third kappa shape index (κ3) is 1.99. The molecule has 5 nitrogen and oxygen atoms in total. The lowest BCUT2D eigenvalue weighted by Crippen LogP contribution is -2.16. The fourth-order valence-corrected chi connectivity index (χ4v) is 1.16. The highest BCUT2D eigenvalue weighted by molar-refractivity contribution is 6.02. The second kappa shape index (κ2) is 4.55. The number of aliphatic imine (C=N–C) groups is 1. The molecule has 0 atom stereocenters. The van der Waals surface area contributed by atoms with Crippen LogP contribution in [0, 0.1) is 0 Å². The number of nitrogens with zero attached hydrogens (tertiary/aromatic N) is 1. The number of hydrogen-bond acceptors (Lipinski definition) is 5. The minimum atomic E-state index is -0.610. The zero-order valence-electron chi connectivity index (χ0n) is 8.07. The van der Waals surface area contributed by atoms with E-state index in [1.54, 1.807) is 6.21 Å². The number of esters is 2. The van der Waals surface area contributed by atoms with Gasteiger partial charge < -0.3 is 9.47 Å². The van der Waals surface area contributed by atoms with E-state index in [1.807, 2.05) is 0 Å². The molecule has 1 rings (SSSR count). The van der Waals surface area contributed by atoms with Gasteiger partial charge in [-0.05, 0) is 12.8 Å². The van der Waals surface area contributed by atoms with E-state index in [0.717, 1.165) is 0 Å². The summed E-state index contributed by atoms with van der Waals surface area (Å²) in [7, 11) is 2.51. The van der Waals surface area contributed by atoms with Gasteiger partial charge in [0.1, 0.15) is 0 Å². The van der Waals surface area contributed by atoms with E-state index in [4.69, 9.17) is 0 Å². The maximum absolute atomic E-state index is 11.2. The Morgan fingerprint density at radius 3 is 2.50 bits per heavy atom. The second-order valence-corrected chi connectivity index (χ2v) is 2.66.